The Balaban J connectivity index is 2.69. The minimum Gasteiger partial charge on any atom is -0.383 e. The topological polar surface area (TPSA) is 84.9 Å². The van der Waals surface area contributed by atoms with Crippen LogP contribution in [0.2, 0.25) is 0 Å². The summed E-state index contributed by atoms with van der Waals surface area (Å²) in [5.41, 5.74) is 0.873. The van der Waals surface area contributed by atoms with Crippen LogP contribution in [0.25, 0.3) is 0 Å². The highest BCUT2D eigenvalue weighted by molar-refractivity contribution is 7.86. The summed E-state index contributed by atoms with van der Waals surface area (Å²) in [6, 6.07) is 6.47. The van der Waals surface area contributed by atoms with E-state index in [4.69, 9.17) is 8.92 Å². The van der Waals surface area contributed by atoms with Crippen LogP contribution in [0.15, 0.2) is 24.3 Å². The summed E-state index contributed by atoms with van der Waals surface area (Å²) >= 11 is 0. The van der Waals surface area contributed by atoms with Crippen molar-refractivity contribution in [2.24, 2.45) is 0 Å². The third kappa shape index (κ3) is 8.16. The zero-order valence-electron chi connectivity index (χ0n) is 14.4. The van der Waals surface area contributed by atoms with Crippen molar-refractivity contribution in [2.75, 3.05) is 33.1 Å². The van der Waals surface area contributed by atoms with Gasteiger partial charge in [0.15, 0.2) is 0 Å². The molecule has 0 aliphatic rings. The number of urea groups is 1. The maximum atomic E-state index is 12.2. The van der Waals surface area contributed by atoms with Gasteiger partial charge in [0.1, 0.15) is 5.75 Å². The minimum absolute atomic E-state index is 0.142. The zero-order chi connectivity index (χ0) is 18.0. The second kappa shape index (κ2) is 10.1. The number of nitrogens with zero attached hydrogens (tertiary/aromatic N) is 1. The first-order valence-electron chi connectivity index (χ1n) is 7.86. The number of benzene rings is 1. The Labute approximate surface area is 144 Å². The summed E-state index contributed by atoms with van der Waals surface area (Å²) < 4.78 is 32.0. The predicted molar refractivity (Wildman–Crippen MR) is 92.5 cm³/mol. The van der Waals surface area contributed by atoms with Crippen LogP contribution in [0.5, 0.6) is 5.75 Å². The molecule has 0 unspecified atom stereocenters. The fourth-order valence-electron chi connectivity index (χ4n) is 1.98. The molecule has 0 atom stereocenters. The van der Waals surface area contributed by atoms with E-state index in [9.17, 15) is 13.2 Å². The largest absolute Gasteiger partial charge is 0.383 e. The quantitative estimate of drug-likeness (QED) is 0.511. The van der Waals surface area contributed by atoms with E-state index >= 15 is 0 Å². The first kappa shape index (κ1) is 20.2. The van der Waals surface area contributed by atoms with E-state index in [0.29, 0.717) is 26.2 Å². The molecule has 0 saturated carbocycles. The molecule has 1 aromatic carbocycles. The van der Waals surface area contributed by atoms with Crippen molar-refractivity contribution in [1.82, 2.24) is 10.2 Å². The van der Waals surface area contributed by atoms with Gasteiger partial charge in [-0.25, -0.2) is 4.79 Å². The molecule has 0 bridgehead atoms. The van der Waals surface area contributed by atoms with E-state index in [1.807, 2.05) is 0 Å². The van der Waals surface area contributed by atoms with Crippen LogP contribution in [0.4, 0.5) is 4.79 Å². The molecule has 8 heteroatoms. The number of ether oxygens (including phenoxy) is 1. The van der Waals surface area contributed by atoms with E-state index in [-0.39, 0.29) is 11.8 Å². The molecule has 1 aromatic rings. The first-order valence-corrected chi connectivity index (χ1v) is 9.67. The second-order valence-corrected chi connectivity index (χ2v) is 7.01. The minimum atomic E-state index is -3.54. The van der Waals surface area contributed by atoms with E-state index in [0.717, 1.165) is 24.7 Å². The van der Waals surface area contributed by atoms with E-state index < -0.39 is 10.1 Å². The predicted octanol–water partition coefficient (Wildman–Crippen LogP) is 1.98. The van der Waals surface area contributed by atoms with Gasteiger partial charge in [-0.2, -0.15) is 8.42 Å². The van der Waals surface area contributed by atoms with Crippen molar-refractivity contribution >= 4 is 16.1 Å². The lowest BCUT2D eigenvalue weighted by molar-refractivity contribution is 0.146. The van der Waals surface area contributed by atoms with E-state index in [1.54, 1.807) is 36.3 Å². The summed E-state index contributed by atoms with van der Waals surface area (Å²) in [5.74, 6) is 0.247. The Kier molecular flexibility index (Phi) is 8.56. The summed E-state index contributed by atoms with van der Waals surface area (Å²) in [4.78, 5) is 13.9. The van der Waals surface area contributed by atoms with Crippen molar-refractivity contribution in [2.45, 2.75) is 26.3 Å². The normalized spacial score (nSPS) is 11.1. The van der Waals surface area contributed by atoms with Gasteiger partial charge in [0, 0.05) is 26.7 Å². The summed E-state index contributed by atoms with van der Waals surface area (Å²) in [7, 11) is -1.95. The molecule has 136 valence electrons. The lowest BCUT2D eigenvalue weighted by Gasteiger charge is -2.23. The van der Waals surface area contributed by atoms with Crippen LogP contribution in [0.1, 0.15) is 25.3 Å². The van der Waals surface area contributed by atoms with Crippen LogP contribution in [-0.2, 0) is 21.4 Å². The van der Waals surface area contributed by atoms with Gasteiger partial charge in [0.2, 0.25) is 0 Å². The zero-order valence-corrected chi connectivity index (χ0v) is 15.3. The fraction of sp³-hybridized carbons (Fsp3) is 0.562. The Bertz CT molecular complexity index is 601. The lowest BCUT2D eigenvalue weighted by atomic mass is 10.2. The molecule has 1 rings (SSSR count). The van der Waals surface area contributed by atoms with E-state index in [2.05, 4.69) is 12.2 Å². The molecule has 0 heterocycles. The highest BCUT2D eigenvalue weighted by Crippen LogP contribution is 2.15. The average Bonchev–Trinajstić information content (AvgIpc) is 2.51. The second-order valence-electron chi connectivity index (χ2n) is 5.43. The molecule has 0 saturated heterocycles. The van der Waals surface area contributed by atoms with Gasteiger partial charge in [0.25, 0.3) is 0 Å². The third-order valence-electron chi connectivity index (χ3n) is 3.20. The van der Waals surface area contributed by atoms with Crippen molar-refractivity contribution in [1.29, 1.82) is 0 Å². The summed E-state index contributed by atoms with van der Waals surface area (Å²) in [6.07, 6.45) is 2.94. The fourth-order valence-corrected chi connectivity index (χ4v) is 2.44. The SMILES string of the molecule is CCCCNC(=O)N(CCOC)Cc1ccc(OS(C)(=O)=O)cc1. The van der Waals surface area contributed by atoms with Crippen LogP contribution in [0, 0.1) is 0 Å². The highest BCUT2D eigenvalue weighted by Gasteiger charge is 2.13. The Morgan fingerprint density at radius 3 is 2.46 bits per heavy atom. The number of hydrogen-bond donors (Lipinski definition) is 1. The maximum absolute atomic E-state index is 12.2. The summed E-state index contributed by atoms with van der Waals surface area (Å²) in [5, 5.41) is 2.88. The molecule has 0 aliphatic heterocycles. The number of methoxy groups -OCH3 is 1. The molecule has 0 aliphatic carbocycles. The van der Waals surface area contributed by atoms with Crippen molar-refractivity contribution in [3.63, 3.8) is 0 Å². The van der Waals surface area contributed by atoms with Gasteiger partial charge in [0.05, 0.1) is 12.9 Å². The number of hydrogen-bond acceptors (Lipinski definition) is 5. The third-order valence-corrected chi connectivity index (χ3v) is 3.70. The molecule has 24 heavy (non-hydrogen) atoms. The van der Waals surface area contributed by atoms with Crippen LogP contribution in [-0.4, -0.2) is 52.4 Å². The monoisotopic (exact) mass is 358 g/mol. The molecular formula is C16H26N2O5S. The molecule has 7 nitrogen and oxygen atoms in total. The number of amides is 2. The molecule has 0 fully saturated rings. The molecule has 0 radical (unpaired) electrons. The number of nitrogens with one attached hydrogen (secondary N) is 1. The number of unbranched alkanes of at least 4 members (excludes halogenated alkanes) is 1. The molecule has 0 aromatic heterocycles. The van der Waals surface area contributed by atoms with Crippen molar-refractivity contribution in [3.05, 3.63) is 29.8 Å². The van der Waals surface area contributed by atoms with E-state index in [1.165, 1.54) is 0 Å². The van der Waals surface area contributed by atoms with Gasteiger partial charge in [-0.05, 0) is 24.1 Å². The number of carbonyl (C=O) groups is 1. The Morgan fingerprint density at radius 1 is 1.25 bits per heavy atom. The highest BCUT2D eigenvalue weighted by atomic mass is 32.2. The van der Waals surface area contributed by atoms with Crippen molar-refractivity contribution < 1.29 is 22.1 Å². The Morgan fingerprint density at radius 2 is 1.92 bits per heavy atom. The maximum Gasteiger partial charge on any atom is 0.317 e. The van der Waals surface area contributed by atoms with Gasteiger partial charge in [-0.1, -0.05) is 25.5 Å². The standard InChI is InChI=1S/C16H26N2O5S/c1-4-5-10-17-16(19)18(11-12-22-2)13-14-6-8-15(9-7-14)23-24(3,20)21/h6-9H,4-5,10-13H2,1-3H3,(H,17,19). The van der Waals surface area contributed by atoms with Gasteiger partial charge in [-0.15, -0.1) is 0 Å². The Hall–Kier alpha value is -1.80. The first-order chi connectivity index (χ1) is 11.4. The average molecular weight is 358 g/mol. The smallest absolute Gasteiger partial charge is 0.317 e. The van der Waals surface area contributed by atoms with Gasteiger partial charge >= 0.3 is 16.1 Å². The van der Waals surface area contributed by atoms with Crippen LogP contribution < -0.4 is 9.50 Å². The summed E-state index contributed by atoms with van der Waals surface area (Å²) in [6.45, 7) is 4.02. The molecule has 0 spiro atoms. The van der Waals surface area contributed by atoms with Gasteiger partial charge < -0.3 is 19.1 Å². The molecule has 1 N–H and O–H groups in total. The van der Waals surface area contributed by atoms with Crippen LogP contribution >= 0.6 is 0 Å². The number of rotatable bonds is 10. The number of carbonyl (C=O) groups excluding carboxylic acids is 1. The van der Waals surface area contributed by atoms with Gasteiger partial charge in [-0.3, -0.25) is 0 Å². The van der Waals surface area contributed by atoms with Crippen LogP contribution in [0.3, 0.4) is 0 Å². The molecule has 2 amide bonds. The molecular weight excluding hydrogens is 332 g/mol. The van der Waals surface area contributed by atoms with Crippen molar-refractivity contribution in [3.8, 4) is 5.75 Å². The lowest BCUT2D eigenvalue weighted by Crippen LogP contribution is -2.41.